The molecule has 2 aromatic rings. The van der Waals surface area contributed by atoms with Crippen molar-refractivity contribution in [3.05, 3.63) is 40.5 Å². The molecule has 0 saturated carbocycles. The van der Waals surface area contributed by atoms with Gasteiger partial charge in [-0.1, -0.05) is 11.6 Å². The summed E-state index contributed by atoms with van der Waals surface area (Å²) >= 11 is 6.14. The van der Waals surface area contributed by atoms with Crippen LogP contribution < -0.4 is 10.6 Å². The van der Waals surface area contributed by atoms with Gasteiger partial charge in [-0.2, -0.15) is 23.4 Å². The highest BCUT2D eigenvalue weighted by Gasteiger charge is 2.35. The fourth-order valence-electron chi connectivity index (χ4n) is 2.11. The van der Waals surface area contributed by atoms with Crippen LogP contribution in [-0.2, 0) is 11.6 Å². The fourth-order valence-corrected chi connectivity index (χ4v) is 2.47. The highest BCUT2D eigenvalue weighted by molar-refractivity contribution is 6.31. The van der Waals surface area contributed by atoms with Crippen molar-refractivity contribution in [2.75, 3.05) is 17.7 Å². The Hall–Kier alpha value is -2.53. The zero-order chi connectivity index (χ0) is 18.8. The molecule has 0 aliphatic carbocycles. The van der Waals surface area contributed by atoms with Crippen LogP contribution in [0.2, 0.25) is 5.02 Å². The van der Waals surface area contributed by atoms with Crippen molar-refractivity contribution in [3.8, 4) is 6.07 Å². The van der Waals surface area contributed by atoms with E-state index in [1.54, 1.807) is 32.0 Å². The Labute approximate surface area is 147 Å². The van der Waals surface area contributed by atoms with Crippen molar-refractivity contribution in [2.24, 2.45) is 0 Å². The summed E-state index contributed by atoms with van der Waals surface area (Å²) in [5.74, 6) is -0.350. The van der Waals surface area contributed by atoms with Crippen LogP contribution in [0.15, 0.2) is 24.4 Å². The van der Waals surface area contributed by atoms with Crippen molar-refractivity contribution < 1.29 is 13.2 Å². The van der Waals surface area contributed by atoms with Gasteiger partial charge in [0.05, 0.1) is 11.5 Å². The molecule has 0 unspecified atom stereocenters. The first-order valence-electron chi connectivity index (χ1n) is 7.19. The molecule has 0 aliphatic rings. The van der Waals surface area contributed by atoms with Gasteiger partial charge in [0.1, 0.15) is 11.4 Å². The Morgan fingerprint density at radius 2 is 1.88 bits per heavy atom. The van der Waals surface area contributed by atoms with E-state index in [-0.39, 0.29) is 11.8 Å². The third-order valence-electron chi connectivity index (χ3n) is 3.51. The van der Waals surface area contributed by atoms with Gasteiger partial charge in [-0.05, 0) is 37.6 Å². The molecular weight excluding hydrogens is 355 g/mol. The number of alkyl halides is 3. The second-order valence-corrected chi connectivity index (χ2v) is 6.17. The SMILES string of the molecule is CNc1nc(Nc2ccc(Cl)c(C(C)(C)C#N)c2)ncc1C(F)(F)F. The van der Waals surface area contributed by atoms with Crippen LogP contribution in [0.5, 0.6) is 0 Å². The quantitative estimate of drug-likeness (QED) is 0.814. The van der Waals surface area contributed by atoms with Crippen molar-refractivity contribution in [2.45, 2.75) is 25.4 Å². The molecule has 2 N–H and O–H groups in total. The highest BCUT2D eigenvalue weighted by atomic mass is 35.5. The fraction of sp³-hybridized carbons (Fsp3) is 0.312. The van der Waals surface area contributed by atoms with Crippen molar-refractivity contribution in [3.63, 3.8) is 0 Å². The summed E-state index contributed by atoms with van der Waals surface area (Å²) in [7, 11) is 1.34. The molecule has 5 nitrogen and oxygen atoms in total. The number of rotatable bonds is 4. The van der Waals surface area contributed by atoms with Gasteiger partial charge >= 0.3 is 6.18 Å². The zero-order valence-corrected chi connectivity index (χ0v) is 14.4. The van der Waals surface area contributed by atoms with Crippen LogP contribution >= 0.6 is 11.6 Å². The molecule has 0 spiro atoms. The number of halogens is 4. The second kappa shape index (κ2) is 6.76. The molecule has 0 amide bonds. The smallest absolute Gasteiger partial charge is 0.372 e. The van der Waals surface area contributed by atoms with E-state index in [0.717, 1.165) is 0 Å². The first kappa shape index (κ1) is 18.8. The summed E-state index contributed by atoms with van der Waals surface area (Å²) in [5.41, 5.74) is -0.693. The Bertz CT molecular complexity index is 827. The summed E-state index contributed by atoms with van der Waals surface area (Å²) < 4.78 is 38.6. The summed E-state index contributed by atoms with van der Waals surface area (Å²) in [6.07, 6.45) is -3.85. The number of nitriles is 1. The van der Waals surface area contributed by atoms with Gasteiger partial charge in [0.2, 0.25) is 5.95 Å². The van der Waals surface area contributed by atoms with Gasteiger partial charge in [-0.25, -0.2) is 4.98 Å². The monoisotopic (exact) mass is 369 g/mol. The average Bonchev–Trinajstić information content (AvgIpc) is 2.55. The Kier molecular flexibility index (Phi) is 5.09. The van der Waals surface area contributed by atoms with E-state index in [1.165, 1.54) is 7.05 Å². The number of hydrogen-bond acceptors (Lipinski definition) is 5. The third kappa shape index (κ3) is 4.12. The van der Waals surface area contributed by atoms with Gasteiger partial charge < -0.3 is 10.6 Å². The lowest BCUT2D eigenvalue weighted by molar-refractivity contribution is -0.137. The van der Waals surface area contributed by atoms with E-state index in [4.69, 9.17) is 11.6 Å². The minimum Gasteiger partial charge on any atom is -0.372 e. The number of nitrogens with one attached hydrogen (secondary N) is 2. The van der Waals surface area contributed by atoms with E-state index in [0.29, 0.717) is 22.5 Å². The van der Waals surface area contributed by atoms with E-state index in [9.17, 15) is 18.4 Å². The molecule has 0 saturated heterocycles. The van der Waals surface area contributed by atoms with Crippen molar-refractivity contribution >= 4 is 29.1 Å². The summed E-state index contributed by atoms with van der Waals surface area (Å²) in [6, 6.07) is 7.02. The Morgan fingerprint density at radius 1 is 1.20 bits per heavy atom. The lowest BCUT2D eigenvalue weighted by Gasteiger charge is -2.19. The molecule has 0 bridgehead atoms. The standard InChI is InChI=1S/C16H15ClF3N5/c1-15(2,8-21)10-6-9(4-5-12(10)17)24-14-23-7-11(16(18,19)20)13(22-3)25-14/h4-7H,1-3H3,(H2,22,23,24,25). The number of hydrogen-bond donors (Lipinski definition) is 2. The maximum absolute atomic E-state index is 12.9. The van der Waals surface area contributed by atoms with Gasteiger partial charge in [0.15, 0.2) is 0 Å². The highest BCUT2D eigenvalue weighted by Crippen LogP contribution is 2.35. The number of nitrogens with zero attached hydrogens (tertiary/aromatic N) is 3. The maximum atomic E-state index is 12.9. The lowest BCUT2D eigenvalue weighted by Crippen LogP contribution is -2.15. The van der Waals surface area contributed by atoms with Crippen LogP contribution in [0.1, 0.15) is 25.0 Å². The topological polar surface area (TPSA) is 73.6 Å². The van der Waals surface area contributed by atoms with Crippen molar-refractivity contribution in [1.82, 2.24) is 9.97 Å². The molecular formula is C16H15ClF3N5. The molecule has 25 heavy (non-hydrogen) atoms. The predicted octanol–water partition coefficient (Wildman–Crippen LogP) is 4.74. The lowest BCUT2D eigenvalue weighted by atomic mass is 9.86. The summed E-state index contributed by atoms with van der Waals surface area (Å²) in [6.45, 7) is 3.43. The molecule has 132 valence electrons. The van der Waals surface area contributed by atoms with Crippen LogP contribution in [0.4, 0.5) is 30.6 Å². The predicted molar refractivity (Wildman–Crippen MR) is 90.0 cm³/mol. The zero-order valence-electron chi connectivity index (χ0n) is 13.7. The van der Waals surface area contributed by atoms with E-state index in [1.807, 2.05) is 0 Å². The summed E-state index contributed by atoms with van der Waals surface area (Å²) in [4.78, 5) is 7.54. The van der Waals surface area contributed by atoms with E-state index in [2.05, 4.69) is 26.7 Å². The second-order valence-electron chi connectivity index (χ2n) is 5.76. The molecule has 0 aliphatic heterocycles. The molecule has 0 atom stereocenters. The van der Waals surface area contributed by atoms with Crippen LogP contribution in [0, 0.1) is 11.3 Å². The number of aromatic nitrogens is 2. The normalized spacial score (nSPS) is 11.8. The minimum atomic E-state index is -4.55. The largest absolute Gasteiger partial charge is 0.421 e. The van der Waals surface area contributed by atoms with Crippen molar-refractivity contribution in [1.29, 1.82) is 5.26 Å². The molecule has 0 fully saturated rings. The van der Waals surface area contributed by atoms with Gasteiger partial charge in [-0.15, -0.1) is 0 Å². The molecule has 1 heterocycles. The minimum absolute atomic E-state index is 0.0135. The van der Waals surface area contributed by atoms with Crippen LogP contribution in [0.3, 0.4) is 0 Å². The van der Waals surface area contributed by atoms with Crippen LogP contribution in [-0.4, -0.2) is 17.0 Å². The van der Waals surface area contributed by atoms with Gasteiger partial charge in [0, 0.05) is 24.0 Å². The Balaban J connectivity index is 2.38. The first-order valence-corrected chi connectivity index (χ1v) is 7.56. The Morgan fingerprint density at radius 3 is 2.44 bits per heavy atom. The summed E-state index contributed by atoms with van der Waals surface area (Å²) in [5, 5.41) is 14.9. The molecule has 9 heteroatoms. The van der Waals surface area contributed by atoms with Crippen LogP contribution in [0.25, 0.3) is 0 Å². The third-order valence-corrected chi connectivity index (χ3v) is 3.84. The van der Waals surface area contributed by atoms with E-state index < -0.39 is 17.2 Å². The first-order chi connectivity index (χ1) is 11.6. The van der Waals surface area contributed by atoms with E-state index >= 15 is 0 Å². The average molecular weight is 370 g/mol. The molecule has 1 aromatic heterocycles. The van der Waals surface area contributed by atoms with Gasteiger partial charge in [-0.3, -0.25) is 0 Å². The number of anilines is 3. The molecule has 0 radical (unpaired) electrons. The maximum Gasteiger partial charge on any atom is 0.421 e. The molecule has 1 aromatic carbocycles. The molecule has 2 rings (SSSR count). The van der Waals surface area contributed by atoms with Gasteiger partial charge in [0.25, 0.3) is 0 Å². The number of benzene rings is 1.